The van der Waals surface area contributed by atoms with Crippen LogP contribution in [0.3, 0.4) is 0 Å². The molecule has 3 heterocycles. The van der Waals surface area contributed by atoms with Crippen LogP contribution in [0.25, 0.3) is 0 Å². The Bertz CT molecular complexity index is 859. The number of amides is 3. The van der Waals surface area contributed by atoms with E-state index in [0.717, 1.165) is 44.4 Å². The number of carbonyl (C=O) groups excluding carboxylic acids is 3. The molecule has 3 amide bonds. The predicted octanol–water partition coefficient (Wildman–Crippen LogP) is 2.46. The van der Waals surface area contributed by atoms with Crippen LogP contribution in [-0.4, -0.2) is 71.1 Å². The molecule has 3 aliphatic carbocycles. The molecule has 7 nitrogen and oxygen atoms in total. The van der Waals surface area contributed by atoms with Crippen LogP contribution in [0.5, 0.6) is 0 Å². The van der Waals surface area contributed by atoms with Gasteiger partial charge in [0, 0.05) is 49.3 Å². The molecule has 0 aromatic rings. The first-order chi connectivity index (χ1) is 15.5. The number of amidine groups is 1. The number of piperidine rings is 2. The SMILES string of the molecule is COCCCN1C(=O)C2CCC3C(=O)N4C(=NC5CC(Cl)CCC54)C4CCC(C1=O)C2C34. The summed E-state index contributed by atoms with van der Waals surface area (Å²) in [5.41, 5.74) is 0. The molecule has 9 atom stereocenters. The van der Waals surface area contributed by atoms with Crippen molar-refractivity contribution >= 4 is 35.2 Å². The van der Waals surface area contributed by atoms with Crippen LogP contribution >= 0.6 is 11.6 Å². The van der Waals surface area contributed by atoms with E-state index in [2.05, 4.69) is 0 Å². The van der Waals surface area contributed by atoms with Gasteiger partial charge in [0.1, 0.15) is 5.84 Å². The highest BCUT2D eigenvalue weighted by Crippen LogP contribution is 2.58. The van der Waals surface area contributed by atoms with Crippen LogP contribution in [-0.2, 0) is 19.1 Å². The molecule has 0 bridgehead atoms. The van der Waals surface area contributed by atoms with Crippen LogP contribution in [0.2, 0.25) is 0 Å². The number of likely N-dealkylation sites (tertiary alicyclic amines) is 1. The average Bonchev–Trinajstić information content (AvgIpc) is 3.17. The number of halogens is 1. The van der Waals surface area contributed by atoms with Gasteiger partial charge in [-0.3, -0.25) is 29.2 Å². The zero-order chi connectivity index (χ0) is 22.1. The lowest BCUT2D eigenvalue weighted by Crippen LogP contribution is -2.66. The van der Waals surface area contributed by atoms with E-state index in [0.29, 0.717) is 26.0 Å². The molecule has 9 unspecified atom stereocenters. The van der Waals surface area contributed by atoms with Crippen molar-refractivity contribution in [3.05, 3.63) is 0 Å². The van der Waals surface area contributed by atoms with E-state index < -0.39 is 0 Å². The fourth-order valence-electron chi connectivity index (χ4n) is 8.04. The van der Waals surface area contributed by atoms with E-state index in [-0.39, 0.29) is 70.7 Å². The van der Waals surface area contributed by atoms with Gasteiger partial charge in [-0.15, -0.1) is 11.6 Å². The third-order valence-electron chi connectivity index (χ3n) is 9.26. The lowest BCUT2D eigenvalue weighted by molar-refractivity contribution is -0.175. The molecule has 2 saturated heterocycles. The quantitative estimate of drug-likeness (QED) is 0.366. The summed E-state index contributed by atoms with van der Waals surface area (Å²) < 4.78 is 5.13. The van der Waals surface area contributed by atoms with Crippen LogP contribution < -0.4 is 0 Å². The Hall–Kier alpha value is -1.47. The third kappa shape index (κ3) is 2.89. The molecule has 0 radical (unpaired) electrons. The van der Waals surface area contributed by atoms with E-state index in [9.17, 15) is 14.4 Å². The van der Waals surface area contributed by atoms with Crippen molar-refractivity contribution in [1.29, 1.82) is 0 Å². The summed E-state index contributed by atoms with van der Waals surface area (Å²) >= 11 is 6.44. The topological polar surface area (TPSA) is 79.3 Å². The van der Waals surface area contributed by atoms with Crippen molar-refractivity contribution in [3.63, 3.8) is 0 Å². The van der Waals surface area contributed by atoms with Crippen molar-refractivity contribution in [2.24, 2.45) is 40.5 Å². The number of imide groups is 1. The number of methoxy groups -OCH3 is 1. The van der Waals surface area contributed by atoms with E-state index in [1.807, 2.05) is 4.90 Å². The molecule has 3 saturated carbocycles. The normalized spacial score (nSPS) is 44.8. The zero-order valence-corrected chi connectivity index (χ0v) is 19.4. The highest BCUT2D eigenvalue weighted by Gasteiger charge is 2.64. The van der Waals surface area contributed by atoms with Crippen LogP contribution in [0.1, 0.15) is 51.4 Å². The van der Waals surface area contributed by atoms with Crippen molar-refractivity contribution in [2.75, 3.05) is 20.3 Å². The maximum Gasteiger partial charge on any atom is 0.232 e. The molecule has 0 N–H and O–H groups in total. The second-order valence-electron chi connectivity index (χ2n) is 10.7. The smallest absolute Gasteiger partial charge is 0.232 e. The van der Waals surface area contributed by atoms with Gasteiger partial charge < -0.3 is 4.74 Å². The number of rotatable bonds is 4. The number of carbonyl (C=O) groups is 3. The highest BCUT2D eigenvalue weighted by molar-refractivity contribution is 6.20. The van der Waals surface area contributed by atoms with Gasteiger partial charge in [0.25, 0.3) is 0 Å². The lowest BCUT2D eigenvalue weighted by atomic mass is 9.50. The standard InChI is InChI=1S/C24H32ClN3O4/c1-32-10-2-9-27-22(29)14-5-4-13-19-16(7-6-15(20(14)19)23(27)30)24(31)28-18-8-3-12(25)11-17(18)26-21(13)28/h12-20H,2-11H2,1H3. The minimum atomic E-state index is -0.139. The second-order valence-corrected chi connectivity index (χ2v) is 11.3. The largest absolute Gasteiger partial charge is 0.385 e. The molecule has 6 rings (SSSR count). The number of ether oxygens (including phenoxy) is 1. The monoisotopic (exact) mass is 461 g/mol. The van der Waals surface area contributed by atoms with Crippen molar-refractivity contribution in [2.45, 2.75) is 68.8 Å². The Morgan fingerprint density at radius 3 is 2.22 bits per heavy atom. The maximum absolute atomic E-state index is 13.7. The van der Waals surface area contributed by atoms with E-state index >= 15 is 0 Å². The fourth-order valence-corrected chi connectivity index (χ4v) is 8.34. The number of aliphatic imine (C=N–C) groups is 1. The van der Waals surface area contributed by atoms with Crippen molar-refractivity contribution in [3.8, 4) is 0 Å². The van der Waals surface area contributed by atoms with Gasteiger partial charge in [-0.2, -0.15) is 0 Å². The van der Waals surface area contributed by atoms with E-state index in [1.54, 1.807) is 7.11 Å². The molecule has 5 fully saturated rings. The summed E-state index contributed by atoms with van der Waals surface area (Å²) in [6, 6.07) is 0.277. The second kappa shape index (κ2) is 7.79. The predicted molar refractivity (Wildman–Crippen MR) is 118 cm³/mol. The summed E-state index contributed by atoms with van der Waals surface area (Å²) in [6.45, 7) is 0.976. The van der Waals surface area contributed by atoms with Crippen LogP contribution in [0.4, 0.5) is 0 Å². The number of fused-ring (bicyclic) bond motifs is 4. The first-order valence-electron chi connectivity index (χ1n) is 12.4. The minimum absolute atomic E-state index is 0.0108. The van der Waals surface area contributed by atoms with Crippen LogP contribution in [0.15, 0.2) is 4.99 Å². The molecule has 3 aliphatic heterocycles. The molecule has 8 heteroatoms. The fraction of sp³-hybridized carbons (Fsp3) is 0.833. The van der Waals surface area contributed by atoms with E-state index in [4.69, 9.17) is 21.3 Å². The number of hydrogen-bond acceptors (Lipinski definition) is 5. The molecule has 0 aromatic heterocycles. The lowest BCUT2D eigenvalue weighted by Gasteiger charge is -2.58. The zero-order valence-electron chi connectivity index (χ0n) is 18.6. The number of alkyl halides is 1. The highest BCUT2D eigenvalue weighted by atomic mass is 35.5. The summed E-state index contributed by atoms with van der Waals surface area (Å²) in [7, 11) is 1.64. The average molecular weight is 462 g/mol. The van der Waals surface area contributed by atoms with Gasteiger partial charge in [0.05, 0.1) is 12.1 Å². The van der Waals surface area contributed by atoms with Gasteiger partial charge in [0.15, 0.2) is 0 Å². The van der Waals surface area contributed by atoms with Gasteiger partial charge in [-0.1, -0.05) is 0 Å². The molecular weight excluding hydrogens is 430 g/mol. The summed E-state index contributed by atoms with van der Waals surface area (Å²) in [6.07, 6.45) is 6.49. The summed E-state index contributed by atoms with van der Waals surface area (Å²) in [4.78, 5) is 49.2. The molecule has 0 aromatic carbocycles. The van der Waals surface area contributed by atoms with Gasteiger partial charge in [0.2, 0.25) is 17.7 Å². The van der Waals surface area contributed by atoms with Gasteiger partial charge in [-0.05, 0) is 63.2 Å². The first-order valence-corrected chi connectivity index (χ1v) is 12.8. The van der Waals surface area contributed by atoms with Crippen LogP contribution in [0, 0.1) is 35.5 Å². The minimum Gasteiger partial charge on any atom is -0.385 e. The molecular formula is C24H32ClN3O4. The Morgan fingerprint density at radius 2 is 1.53 bits per heavy atom. The van der Waals surface area contributed by atoms with Crippen molar-refractivity contribution < 1.29 is 19.1 Å². The number of hydrogen-bond donors (Lipinski definition) is 0. The molecule has 32 heavy (non-hydrogen) atoms. The Morgan fingerprint density at radius 1 is 0.906 bits per heavy atom. The first kappa shape index (κ1) is 21.1. The molecule has 6 aliphatic rings. The molecule has 174 valence electrons. The van der Waals surface area contributed by atoms with Gasteiger partial charge >= 0.3 is 0 Å². The third-order valence-corrected chi connectivity index (χ3v) is 9.65. The number of nitrogens with zero attached hydrogens (tertiary/aromatic N) is 3. The summed E-state index contributed by atoms with van der Waals surface area (Å²) in [5.74, 6) is 1.03. The Labute approximate surface area is 193 Å². The van der Waals surface area contributed by atoms with Gasteiger partial charge in [-0.25, -0.2) is 0 Å². The summed E-state index contributed by atoms with van der Waals surface area (Å²) in [5, 5.41) is 0.136. The van der Waals surface area contributed by atoms with Crippen molar-refractivity contribution in [1.82, 2.24) is 9.80 Å². The Kier molecular flexibility index (Phi) is 5.14. The molecule has 0 spiro atoms. The van der Waals surface area contributed by atoms with E-state index in [1.165, 1.54) is 4.90 Å². The maximum atomic E-state index is 13.7. The Balaban J connectivity index is 1.32.